The highest BCUT2D eigenvalue weighted by molar-refractivity contribution is 8.07. The van der Waals surface area contributed by atoms with Crippen molar-refractivity contribution in [3.8, 4) is 0 Å². The second-order valence-corrected chi connectivity index (χ2v) is 8.86. The number of hydrogen-bond acceptors (Lipinski definition) is 2. The minimum atomic E-state index is -0.275. The summed E-state index contributed by atoms with van der Waals surface area (Å²) in [6.45, 7) is 2.11. The van der Waals surface area contributed by atoms with E-state index in [2.05, 4.69) is 114 Å². The van der Waals surface area contributed by atoms with Crippen LogP contribution in [0.4, 0.5) is 0 Å². The van der Waals surface area contributed by atoms with Crippen LogP contribution >= 0.6 is 11.8 Å². The fourth-order valence-electron chi connectivity index (χ4n) is 4.64. The largest absolute Gasteiger partial charge is 0.282 e. The number of nitrogens with zero attached hydrogens (tertiary/aromatic N) is 1. The Morgan fingerprint density at radius 3 is 1.61 bits per heavy atom. The molecule has 1 unspecified atom stereocenters. The predicted octanol–water partition coefficient (Wildman–Crippen LogP) is 5.73. The SMILES string of the molecule is C1=C(C2CS2)CN(C(c2ccccc2)(c2ccccc2)c2ccccc2)CC1. The van der Waals surface area contributed by atoms with Gasteiger partial charge >= 0.3 is 0 Å². The average Bonchev–Trinajstić information content (AvgIpc) is 3.63. The topological polar surface area (TPSA) is 3.24 Å². The van der Waals surface area contributed by atoms with Crippen molar-refractivity contribution in [2.75, 3.05) is 18.8 Å². The van der Waals surface area contributed by atoms with E-state index < -0.39 is 0 Å². The van der Waals surface area contributed by atoms with Gasteiger partial charge in [-0.05, 0) is 28.7 Å². The smallest absolute Gasteiger partial charge is 0.0975 e. The molecule has 1 atom stereocenters. The van der Waals surface area contributed by atoms with Gasteiger partial charge in [0.05, 0.1) is 5.54 Å². The summed E-state index contributed by atoms with van der Waals surface area (Å²) in [6, 6.07) is 33.2. The maximum atomic E-state index is 2.71. The summed E-state index contributed by atoms with van der Waals surface area (Å²) in [4.78, 5) is 2.71. The van der Waals surface area contributed by atoms with Crippen LogP contribution in [0.1, 0.15) is 23.1 Å². The molecule has 0 aliphatic carbocycles. The van der Waals surface area contributed by atoms with Gasteiger partial charge in [-0.25, -0.2) is 0 Å². The van der Waals surface area contributed by atoms with Gasteiger partial charge in [0.2, 0.25) is 0 Å². The second-order valence-electron chi connectivity index (χ2n) is 7.62. The van der Waals surface area contributed by atoms with Gasteiger partial charge in [-0.15, -0.1) is 0 Å². The lowest BCUT2D eigenvalue weighted by molar-refractivity contribution is 0.167. The standard InChI is InChI=1S/C26H25NS/c1-4-12-22(13-5-1)26(23-14-6-2-7-15-23,24-16-8-3-9-17-24)27-18-10-11-21(19-27)25-20-28-25/h1-9,11-17,25H,10,18-20H2. The molecular formula is C26H25NS. The lowest BCUT2D eigenvalue weighted by atomic mass is 9.74. The third-order valence-electron chi connectivity index (χ3n) is 5.97. The maximum Gasteiger partial charge on any atom is 0.0975 e. The first-order valence-electron chi connectivity index (χ1n) is 10.1. The van der Waals surface area contributed by atoms with Crippen LogP contribution in [-0.4, -0.2) is 29.0 Å². The maximum absolute atomic E-state index is 2.71. The van der Waals surface area contributed by atoms with Crippen molar-refractivity contribution in [1.29, 1.82) is 0 Å². The number of hydrogen-bond donors (Lipinski definition) is 0. The van der Waals surface area contributed by atoms with Crippen molar-refractivity contribution in [3.63, 3.8) is 0 Å². The Morgan fingerprint density at radius 2 is 1.18 bits per heavy atom. The Bertz CT molecular complexity index is 849. The molecular weight excluding hydrogens is 358 g/mol. The highest BCUT2D eigenvalue weighted by Gasteiger charge is 2.44. The molecule has 2 aliphatic heterocycles. The Labute approximate surface area is 172 Å². The van der Waals surface area contributed by atoms with Crippen molar-refractivity contribution in [1.82, 2.24) is 4.90 Å². The zero-order valence-corrected chi connectivity index (χ0v) is 16.8. The Balaban J connectivity index is 1.74. The van der Waals surface area contributed by atoms with Gasteiger partial charge in [-0.1, -0.05) is 97.1 Å². The summed E-state index contributed by atoms with van der Waals surface area (Å²) in [5.74, 6) is 1.29. The minimum Gasteiger partial charge on any atom is -0.282 e. The van der Waals surface area contributed by atoms with Gasteiger partial charge in [0.25, 0.3) is 0 Å². The monoisotopic (exact) mass is 383 g/mol. The van der Waals surface area contributed by atoms with Crippen molar-refractivity contribution in [2.24, 2.45) is 0 Å². The predicted molar refractivity (Wildman–Crippen MR) is 120 cm³/mol. The van der Waals surface area contributed by atoms with E-state index in [1.54, 1.807) is 5.57 Å². The molecule has 3 aromatic carbocycles. The summed E-state index contributed by atoms with van der Waals surface area (Å²) in [5.41, 5.74) is 5.37. The average molecular weight is 384 g/mol. The molecule has 5 rings (SSSR count). The Kier molecular flexibility index (Phi) is 4.84. The van der Waals surface area contributed by atoms with Gasteiger partial charge in [0, 0.05) is 24.1 Å². The molecule has 2 aliphatic rings. The molecule has 0 bridgehead atoms. The first-order chi connectivity index (χ1) is 13.9. The molecule has 0 N–H and O–H groups in total. The van der Waals surface area contributed by atoms with Crippen molar-refractivity contribution in [2.45, 2.75) is 17.2 Å². The summed E-state index contributed by atoms with van der Waals surface area (Å²) in [7, 11) is 0. The van der Waals surface area contributed by atoms with Crippen LogP contribution in [0.3, 0.4) is 0 Å². The van der Waals surface area contributed by atoms with Crippen LogP contribution in [0.25, 0.3) is 0 Å². The number of rotatable bonds is 5. The normalized spacial score (nSPS) is 19.9. The third-order valence-corrected chi connectivity index (χ3v) is 6.94. The van der Waals surface area contributed by atoms with Gasteiger partial charge in [-0.3, -0.25) is 4.90 Å². The second kappa shape index (κ2) is 7.62. The number of thioether (sulfide) groups is 1. The quantitative estimate of drug-likeness (QED) is 0.315. The summed E-state index contributed by atoms with van der Waals surface area (Å²) < 4.78 is 0. The summed E-state index contributed by atoms with van der Waals surface area (Å²) in [6.07, 6.45) is 3.62. The molecule has 1 fully saturated rings. The van der Waals surface area contributed by atoms with Crippen molar-refractivity contribution in [3.05, 3.63) is 119 Å². The molecule has 1 saturated heterocycles. The van der Waals surface area contributed by atoms with E-state index in [0.29, 0.717) is 0 Å². The highest BCUT2D eigenvalue weighted by atomic mass is 32.2. The van der Waals surface area contributed by atoms with Crippen LogP contribution in [0.5, 0.6) is 0 Å². The molecule has 0 saturated carbocycles. The summed E-state index contributed by atoms with van der Waals surface area (Å²) >= 11 is 2.08. The van der Waals surface area contributed by atoms with Crippen LogP contribution < -0.4 is 0 Å². The fourth-order valence-corrected chi connectivity index (χ4v) is 5.33. The molecule has 0 amide bonds. The first kappa shape index (κ1) is 17.8. The van der Waals surface area contributed by atoms with E-state index >= 15 is 0 Å². The molecule has 0 aromatic heterocycles. The van der Waals surface area contributed by atoms with Gasteiger partial charge in [-0.2, -0.15) is 11.8 Å². The molecule has 3 aromatic rings. The molecule has 2 heterocycles. The van der Waals surface area contributed by atoms with Gasteiger partial charge in [0.1, 0.15) is 0 Å². The van der Waals surface area contributed by atoms with Crippen molar-refractivity contribution >= 4 is 11.8 Å². The molecule has 2 heteroatoms. The minimum absolute atomic E-state index is 0.275. The fraction of sp³-hybridized carbons (Fsp3) is 0.231. The van der Waals surface area contributed by atoms with E-state index in [1.807, 2.05) is 0 Å². The molecule has 140 valence electrons. The Morgan fingerprint density at radius 1 is 0.714 bits per heavy atom. The third kappa shape index (κ3) is 3.11. The van der Waals surface area contributed by atoms with Gasteiger partial charge < -0.3 is 0 Å². The van der Waals surface area contributed by atoms with Crippen LogP contribution in [0.2, 0.25) is 0 Å². The molecule has 28 heavy (non-hydrogen) atoms. The van der Waals surface area contributed by atoms with E-state index in [4.69, 9.17) is 0 Å². The van der Waals surface area contributed by atoms with E-state index in [9.17, 15) is 0 Å². The molecule has 0 spiro atoms. The number of benzene rings is 3. The van der Waals surface area contributed by atoms with Crippen LogP contribution in [-0.2, 0) is 5.54 Å². The Hall–Kier alpha value is -2.29. The van der Waals surface area contributed by atoms with Crippen molar-refractivity contribution < 1.29 is 0 Å². The van der Waals surface area contributed by atoms with E-state index in [1.165, 1.54) is 22.4 Å². The zero-order valence-electron chi connectivity index (χ0n) is 16.0. The molecule has 1 nitrogen and oxygen atoms in total. The molecule has 0 radical (unpaired) electrons. The lowest BCUT2D eigenvalue weighted by Gasteiger charge is -2.47. The highest BCUT2D eigenvalue weighted by Crippen LogP contribution is 2.46. The summed E-state index contributed by atoms with van der Waals surface area (Å²) in [5, 5.41) is 0.739. The van der Waals surface area contributed by atoms with E-state index in [-0.39, 0.29) is 5.54 Å². The first-order valence-corrected chi connectivity index (χ1v) is 11.2. The van der Waals surface area contributed by atoms with Gasteiger partial charge in [0.15, 0.2) is 0 Å². The van der Waals surface area contributed by atoms with E-state index in [0.717, 1.165) is 24.8 Å². The zero-order chi connectivity index (χ0) is 18.8. The lowest BCUT2D eigenvalue weighted by Crippen LogP contribution is -2.50. The van der Waals surface area contributed by atoms with Crippen LogP contribution in [0, 0.1) is 0 Å². The van der Waals surface area contributed by atoms with Crippen LogP contribution in [0.15, 0.2) is 103 Å².